The van der Waals surface area contributed by atoms with Crippen molar-refractivity contribution in [3.05, 3.63) is 23.8 Å². The minimum absolute atomic E-state index is 0.126. The number of nitrogens with one attached hydrogen (secondary N) is 1. The van der Waals surface area contributed by atoms with Crippen molar-refractivity contribution in [2.24, 2.45) is 0 Å². The Kier molecular flexibility index (Phi) is 4.49. The summed E-state index contributed by atoms with van der Waals surface area (Å²) >= 11 is 0. The predicted octanol–water partition coefficient (Wildman–Crippen LogP) is 1.41. The highest BCUT2D eigenvalue weighted by atomic mass is 16.5. The van der Waals surface area contributed by atoms with E-state index in [9.17, 15) is 4.79 Å². The molecule has 1 aliphatic rings. The zero-order valence-corrected chi connectivity index (χ0v) is 12.5. The van der Waals surface area contributed by atoms with Crippen LogP contribution in [0.3, 0.4) is 0 Å². The molecular formula is C15H22N2O3. The predicted molar refractivity (Wildman–Crippen MR) is 77.0 cm³/mol. The number of nitrogens with zero attached hydrogens (tertiary/aromatic N) is 1. The van der Waals surface area contributed by atoms with Crippen LogP contribution in [0.4, 0.5) is 0 Å². The molecule has 0 bridgehead atoms. The third-order valence-electron chi connectivity index (χ3n) is 3.57. The summed E-state index contributed by atoms with van der Waals surface area (Å²) in [4.78, 5) is 14.1. The van der Waals surface area contributed by atoms with Crippen molar-refractivity contribution in [2.75, 3.05) is 20.8 Å². The van der Waals surface area contributed by atoms with E-state index in [2.05, 4.69) is 12.2 Å². The van der Waals surface area contributed by atoms with E-state index >= 15 is 0 Å². The summed E-state index contributed by atoms with van der Waals surface area (Å²) in [5.74, 6) is 1.62. The van der Waals surface area contributed by atoms with Gasteiger partial charge in [0.25, 0.3) is 0 Å². The summed E-state index contributed by atoms with van der Waals surface area (Å²) in [5.41, 5.74) is 0.989. The van der Waals surface area contributed by atoms with Gasteiger partial charge in [-0.05, 0) is 26.0 Å². The number of amides is 1. The molecule has 1 aromatic rings. The SMILES string of the molecule is COc1ccc(CN2C[C@@H](C)N[C@@H](C)C2=O)c(OC)c1. The minimum atomic E-state index is -0.136. The standard InChI is InChI=1S/C15H22N2O3/c1-10-8-17(15(18)11(2)16-10)9-12-5-6-13(19-3)7-14(12)20-4/h5-7,10-11,16H,8-9H2,1-4H3/t10-,11+/m1/s1. The van der Waals surface area contributed by atoms with E-state index in [1.165, 1.54) is 0 Å². The van der Waals surface area contributed by atoms with Crippen LogP contribution in [-0.4, -0.2) is 43.7 Å². The summed E-state index contributed by atoms with van der Waals surface area (Å²) < 4.78 is 10.6. The molecule has 1 fully saturated rings. The molecule has 0 spiro atoms. The quantitative estimate of drug-likeness (QED) is 0.905. The van der Waals surface area contributed by atoms with Crippen molar-refractivity contribution in [3.8, 4) is 11.5 Å². The third kappa shape index (κ3) is 3.04. The molecule has 1 amide bonds. The first kappa shape index (κ1) is 14.7. The van der Waals surface area contributed by atoms with Crippen molar-refractivity contribution < 1.29 is 14.3 Å². The van der Waals surface area contributed by atoms with Crippen LogP contribution < -0.4 is 14.8 Å². The van der Waals surface area contributed by atoms with E-state index in [1.54, 1.807) is 14.2 Å². The molecule has 0 aromatic heterocycles. The fourth-order valence-corrected chi connectivity index (χ4v) is 2.58. The van der Waals surface area contributed by atoms with Crippen LogP contribution in [0.15, 0.2) is 18.2 Å². The Labute approximate surface area is 119 Å². The van der Waals surface area contributed by atoms with Crippen molar-refractivity contribution in [1.29, 1.82) is 0 Å². The van der Waals surface area contributed by atoms with Crippen LogP contribution >= 0.6 is 0 Å². The number of methoxy groups -OCH3 is 2. The number of hydrogen-bond donors (Lipinski definition) is 1. The lowest BCUT2D eigenvalue weighted by Gasteiger charge is -2.36. The maximum Gasteiger partial charge on any atom is 0.239 e. The van der Waals surface area contributed by atoms with Crippen LogP contribution in [0.1, 0.15) is 19.4 Å². The second-order valence-corrected chi connectivity index (χ2v) is 5.19. The first-order valence-corrected chi connectivity index (χ1v) is 6.81. The highest BCUT2D eigenvalue weighted by Crippen LogP contribution is 2.26. The van der Waals surface area contributed by atoms with Gasteiger partial charge in [0.1, 0.15) is 11.5 Å². The molecule has 5 heteroatoms. The Balaban J connectivity index is 2.18. The molecule has 110 valence electrons. The largest absolute Gasteiger partial charge is 0.497 e. The van der Waals surface area contributed by atoms with Gasteiger partial charge in [0.2, 0.25) is 5.91 Å². The molecule has 0 saturated carbocycles. The van der Waals surface area contributed by atoms with Crippen molar-refractivity contribution in [3.63, 3.8) is 0 Å². The molecule has 2 rings (SSSR count). The molecule has 0 unspecified atom stereocenters. The highest BCUT2D eigenvalue weighted by molar-refractivity contribution is 5.82. The minimum Gasteiger partial charge on any atom is -0.497 e. The molecule has 20 heavy (non-hydrogen) atoms. The van der Waals surface area contributed by atoms with Crippen LogP contribution in [0.2, 0.25) is 0 Å². The number of piperazine rings is 1. The lowest BCUT2D eigenvalue weighted by Crippen LogP contribution is -2.57. The number of carbonyl (C=O) groups excluding carboxylic acids is 1. The number of benzene rings is 1. The Hall–Kier alpha value is -1.75. The lowest BCUT2D eigenvalue weighted by atomic mass is 10.1. The van der Waals surface area contributed by atoms with E-state index in [1.807, 2.05) is 30.0 Å². The van der Waals surface area contributed by atoms with Gasteiger partial charge < -0.3 is 19.7 Å². The molecule has 1 aliphatic heterocycles. The molecule has 0 aliphatic carbocycles. The molecule has 1 N–H and O–H groups in total. The fraction of sp³-hybridized carbons (Fsp3) is 0.533. The van der Waals surface area contributed by atoms with E-state index in [4.69, 9.17) is 9.47 Å². The van der Waals surface area contributed by atoms with Gasteiger partial charge in [-0.25, -0.2) is 0 Å². The molecule has 2 atom stereocenters. The zero-order valence-electron chi connectivity index (χ0n) is 12.5. The number of carbonyl (C=O) groups is 1. The Morgan fingerprint density at radius 3 is 2.70 bits per heavy atom. The van der Waals surface area contributed by atoms with Gasteiger partial charge in [-0.3, -0.25) is 4.79 Å². The van der Waals surface area contributed by atoms with Gasteiger partial charge in [0.15, 0.2) is 0 Å². The topological polar surface area (TPSA) is 50.8 Å². The number of ether oxygens (including phenoxy) is 2. The highest BCUT2D eigenvalue weighted by Gasteiger charge is 2.29. The smallest absolute Gasteiger partial charge is 0.239 e. The third-order valence-corrected chi connectivity index (χ3v) is 3.57. The Morgan fingerprint density at radius 2 is 2.05 bits per heavy atom. The maximum absolute atomic E-state index is 12.2. The Bertz CT molecular complexity index is 490. The maximum atomic E-state index is 12.2. The van der Waals surface area contributed by atoms with E-state index < -0.39 is 0 Å². The van der Waals surface area contributed by atoms with Crippen molar-refractivity contribution >= 4 is 5.91 Å². The second-order valence-electron chi connectivity index (χ2n) is 5.19. The van der Waals surface area contributed by atoms with Gasteiger partial charge in [-0.1, -0.05) is 0 Å². The van der Waals surface area contributed by atoms with Gasteiger partial charge in [-0.15, -0.1) is 0 Å². The second kappa shape index (κ2) is 6.13. The van der Waals surface area contributed by atoms with Crippen LogP contribution in [0.25, 0.3) is 0 Å². The number of hydrogen-bond acceptors (Lipinski definition) is 4. The number of rotatable bonds is 4. The molecule has 1 saturated heterocycles. The average Bonchev–Trinajstić information content (AvgIpc) is 2.44. The normalized spacial score (nSPS) is 22.8. The van der Waals surface area contributed by atoms with Gasteiger partial charge >= 0.3 is 0 Å². The zero-order chi connectivity index (χ0) is 14.7. The summed E-state index contributed by atoms with van der Waals surface area (Å²) in [5, 5.41) is 3.25. The molecule has 5 nitrogen and oxygen atoms in total. The Morgan fingerprint density at radius 1 is 1.30 bits per heavy atom. The van der Waals surface area contributed by atoms with Gasteiger partial charge in [0.05, 0.1) is 20.3 Å². The summed E-state index contributed by atoms with van der Waals surface area (Å²) in [6, 6.07) is 5.84. The van der Waals surface area contributed by atoms with Gasteiger partial charge in [-0.2, -0.15) is 0 Å². The molecular weight excluding hydrogens is 256 g/mol. The van der Waals surface area contributed by atoms with Crippen LogP contribution in [0.5, 0.6) is 11.5 Å². The summed E-state index contributed by atoms with van der Waals surface area (Å²) in [7, 11) is 3.25. The first-order valence-electron chi connectivity index (χ1n) is 6.81. The van der Waals surface area contributed by atoms with E-state index in [-0.39, 0.29) is 11.9 Å². The van der Waals surface area contributed by atoms with E-state index in [0.717, 1.165) is 17.1 Å². The summed E-state index contributed by atoms with van der Waals surface area (Å²) in [6.07, 6.45) is 0. The van der Waals surface area contributed by atoms with Crippen molar-refractivity contribution in [2.45, 2.75) is 32.5 Å². The van der Waals surface area contributed by atoms with Crippen LogP contribution in [0, 0.1) is 0 Å². The van der Waals surface area contributed by atoms with Crippen LogP contribution in [-0.2, 0) is 11.3 Å². The monoisotopic (exact) mass is 278 g/mol. The van der Waals surface area contributed by atoms with Gasteiger partial charge in [0, 0.05) is 30.8 Å². The fourth-order valence-electron chi connectivity index (χ4n) is 2.58. The first-order chi connectivity index (χ1) is 9.55. The van der Waals surface area contributed by atoms with Crippen molar-refractivity contribution in [1.82, 2.24) is 10.2 Å². The van der Waals surface area contributed by atoms with E-state index in [0.29, 0.717) is 19.1 Å². The molecule has 0 radical (unpaired) electrons. The average molecular weight is 278 g/mol. The summed E-state index contributed by atoms with van der Waals surface area (Å²) in [6.45, 7) is 5.25. The molecule has 1 aromatic carbocycles. The lowest BCUT2D eigenvalue weighted by molar-refractivity contribution is -0.136. The molecule has 1 heterocycles.